The van der Waals surface area contributed by atoms with Gasteiger partial charge in [-0.15, -0.1) is 0 Å². The van der Waals surface area contributed by atoms with Crippen LogP contribution in [-0.2, 0) is 10.0 Å². The summed E-state index contributed by atoms with van der Waals surface area (Å²) in [6.07, 6.45) is 1.42. The number of anilines is 1. The molecule has 0 radical (unpaired) electrons. The van der Waals surface area contributed by atoms with Crippen LogP contribution in [-0.4, -0.2) is 72.4 Å². The number of benzene rings is 2. The molecule has 3 aromatic rings. The smallest absolute Gasteiger partial charge is 0.264 e. The van der Waals surface area contributed by atoms with E-state index in [4.69, 9.17) is 4.74 Å². The van der Waals surface area contributed by atoms with Crippen LogP contribution in [0.1, 0.15) is 68.9 Å². The average molecular weight is 620 g/mol. The number of hydrogen-bond acceptors (Lipinski definition) is 7. The maximum atomic E-state index is 14.2. The van der Waals surface area contributed by atoms with E-state index in [0.717, 1.165) is 36.1 Å². The summed E-state index contributed by atoms with van der Waals surface area (Å²) in [5, 5.41) is 0. The van der Waals surface area contributed by atoms with Crippen LogP contribution in [0.3, 0.4) is 0 Å². The maximum absolute atomic E-state index is 14.2. The lowest BCUT2D eigenvalue weighted by Crippen LogP contribution is -2.46. The van der Waals surface area contributed by atoms with E-state index >= 15 is 0 Å². The zero-order chi connectivity index (χ0) is 31.8. The number of nitrogens with zero attached hydrogens (tertiary/aromatic N) is 4. The van der Waals surface area contributed by atoms with E-state index in [9.17, 15) is 13.2 Å². The Kier molecular flexibility index (Phi) is 9.05. The summed E-state index contributed by atoms with van der Waals surface area (Å²) < 4.78 is 36.4. The number of ether oxygens (including phenoxy) is 1. The number of amides is 1. The standard InChI is InChI=1S/C34H45N5O4S/c1-22(2)16-26-19-38(15-14-34(5,6)7)20-27-21-39(26)32(40)25-12-9-13-28(17-25)44(41,42)37-33-35-29(18-30(36-33)43-27)31-23(3)10-8-11-24(31)4/h8-13,17-18,22,26-27H,14-16,19-21H2,1-7H3,(H,35,36,37)/t26-,27+/m0/s1. The van der Waals surface area contributed by atoms with Crippen molar-refractivity contribution < 1.29 is 17.9 Å². The Labute approximate surface area is 262 Å². The number of nitrogens with one attached hydrogen (secondary N) is 1. The highest BCUT2D eigenvalue weighted by molar-refractivity contribution is 7.92. The van der Waals surface area contributed by atoms with Crippen molar-refractivity contribution in [1.29, 1.82) is 0 Å². The van der Waals surface area contributed by atoms with E-state index in [-0.39, 0.29) is 34.1 Å². The molecule has 0 aliphatic carbocycles. The Bertz CT molecular complexity index is 1610. The van der Waals surface area contributed by atoms with Gasteiger partial charge in [0.05, 0.1) is 17.1 Å². The molecule has 10 heteroatoms. The molecule has 1 aromatic heterocycles. The number of aryl methyl sites for hydroxylation is 2. The number of rotatable bonds is 5. The van der Waals surface area contributed by atoms with Crippen molar-refractivity contribution in [2.75, 3.05) is 30.9 Å². The topological polar surface area (TPSA) is 105 Å². The molecule has 2 aliphatic rings. The molecule has 9 nitrogen and oxygen atoms in total. The predicted octanol–water partition coefficient (Wildman–Crippen LogP) is 5.93. The first-order valence-electron chi connectivity index (χ1n) is 15.5. The monoisotopic (exact) mass is 619 g/mol. The fourth-order valence-electron chi connectivity index (χ4n) is 6.12. The van der Waals surface area contributed by atoms with E-state index in [0.29, 0.717) is 36.8 Å². The Balaban J connectivity index is 1.66. The first-order chi connectivity index (χ1) is 20.7. The Morgan fingerprint density at radius 2 is 1.70 bits per heavy atom. The van der Waals surface area contributed by atoms with Gasteiger partial charge in [-0.2, -0.15) is 4.98 Å². The molecule has 0 unspecified atom stereocenters. The van der Waals surface area contributed by atoms with Crippen molar-refractivity contribution >= 4 is 21.9 Å². The van der Waals surface area contributed by atoms with E-state index in [1.807, 2.05) is 36.9 Å². The fraction of sp³-hybridized carbons (Fsp3) is 0.500. The second-order valence-corrected chi connectivity index (χ2v) is 15.5. The highest BCUT2D eigenvalue weighted by Gasteiger charge is 2.36. The third-order valence-corrected chi connectivity index (χ3v) is 9.62. The number of sulfonamides is 1. The Morgan fingerprint density at radius 1 is 1.00 bits per heavy atom. The lowest BCUT2D eigenvalue weighted by Gasteiger charge is -2.34. The van der Waals surface area contributed by atoms with Crippen molar-refractivity contribution in [3.05, 3.63) is 65.2 Å². The molecular weight excluding hydrogens is 574 g/mol. The third-order valence-electron chi connectivity index (χ3n) is 8.30. The number of carbonyl (C=O) groups excluding carboxylic acids is 1. The van der Waals surface area contributed by atoms with Gasteiger partial charge in [0, 0.05) is 36.3 Å². The minimum Gasteiger partial charge on any atom is -0.471 e. The molecule has 6 bridgehead atoms. The van der Waals surface area contributed by atoms with Gasteiger partial charge in [-0.25, -0.2) is 18.1 Å². The van der Waals surface area contributed by atoms with Crippen molar-refractivity contribution in [3.63, 3.8) is 0 Å². The van der Waals surface area contributed by atoms with Crippen molar-refractivity contribution in [2.45, 2.75) is 78.3 Å². The maximum Gasteiger partial charge on any atom is 0.264 e. The zero-order valence-corrected chi connectivity index (χ0v) is 27.7. The molecule has 0 spiro atoms. The van der Waals surface area contributed by atoms with Gasteiger partial charge in [0.1, 0.15) is 6.10 Å². The van der Waals surface area contributed by atoms with Crippen molar-refractivity contribution in [2.24, 2.45) is 11.3 Å². The van der Waals surface area contributed by atoms with E-state index in [1.165, 1.54) is 12.1 Å². The van der Waals surface area contributed by atoms with Crippen molar-refractivity contribution in [3.8, 4) is 17.1 Å². The first-order valence-corrected chi connectivity index (χ1v) is 17.0. The van der Waals surface area contributed by atoms with Crippen LogP contribution < -0.4 is 9.46 Å². The predicted molar refractivity (Wildman–Crippen MR) is 173 cm³/mol. The summed E-state index contributed by atoms with van der Waals surface area (Å²) in [5.74, 6) is 0.340. The summed E-state index contributed by atoms with van der Waals surface area (Å²) in [7, 11) is -4.10. The van der Waals surface area contributed by atoms with Crippen LogP contribution in [0.2, 0.25) is 0 Å². The van der Waals surface area contributed by atoms with Gasteiger partial charge in [-0.05, 0) is 73.9 Å². The number of fused-ring (bicyclic) bond motifs is 6. The van der Waals surface area contributed by atoms with Crippen LogP contribution in [0.25, 0.3) is 11.3 Å². The van der Waals surface area contributed by atoms with Gasteiger partial charge in [-0.3, -0.25) is 9.69 Å². The minimum absolute atomic E-state index is 0.0234. The second-order valence-electron chi connectivity index (χ2n) is 13.9. The van der Waals surface area contributed by atoms with Gasteiger partial charge >= 0.3 is 0 Å². The van der Waals surface area contributed by atoms with E-state index < -0.39 is 16.1 Å². The molecule has 2 aromatic carbocycles. The molecule has 0 saturated carbocycles. The van der Waals surface area contributed by atoms with E-state index in [2.05, 4.69) is 54.2 Å². The van der Waals surface area contributed by atoms with Gasteiger partial charge in [0.15, 0.2) is 0 Å². The molecule has 1 amide bonds. The summed E-state index contributed by atoms with van der Waals surface area (Å²) in [4.78, 5) is 27.7. The highest BCUT2D eigenvalue weighted by Crippen LogP contribution is 2.31. The molecule has 44 heavy (non-hydrogen) atoms. The van der Waals surface area contributed by atoms with Crippen LogP contribution >= 0.6 is 0 Å². The SMILES string of the molecule is Cc1cccc(C)c1-c1cc2nc(n1)NS(=O)(=O)c1cccc(c1)C(=O)N1C[C@@H](CN(CCC(C)(C)C)C[C@@H]1CC(C)C)O2. The van der Waals surface area contributed by atoms with Gasteiger partial charge in [0.25, 0.3) is 15.9 Å². The second kappa shape index (κ2) is 12.5. The third kappa shape index (κ3) is 7.41. The molecule has 2 atom stereocenters. The summed E-state index contributed by atoms with van der Waals surface area (Å²) in [6, 6.07) is 13.9. The van der Waals surface area contributed by atoms with Crippen LogP contribution in [0.15, 0.2) is 53.4 Å². The minimum atomic E-state index is -4.10. The van der Waals surface area contributed by atoms with Crippen LogP contribution in [0, 0.1) is 25.2 Å². The normalized spacial score (nSPS) is 20.5. The zero-order valence-electron chi connectivity index (χ0n) is 26.9. The summed E-state index contributed by atoms with van der Waals surface area (Å²) in [5.41, 5.74) is 3.95. The molecule has 1 N–H and O–H groups in total. The largest absolute Gasteiger partial charge is 0.471 e. The van der Waals surface area contributed by atoms with Crippen LogP contribution in [0.4, 0.5) is 5.95 Å². The molecule has 5 rings (SSSR count). The van der Waals surface area contributed by atoms with Gasteiger partial charge in [-0.1, -0.05) is 58.9 Å². The van der Waals surface area contributed by atoms with E-state index in [1.54, 1.807) is 18.2 Å². The molecule has 236 valence electrons. The Morgan fingerprint density at radius 3 is 2.39 bits per heavy atom. The molecule has 1 fully saturated rings. The Hall–Kier alpha value is -3.50. The highest BCUT2D eigenvalue weighted by atomic mass is 32.2. The number of carbonyl (C=O) groups is 1. The molecular formula is C34H45N5O4S. The van der Waals surface area contributed by atoms with Gasteiger partial charge in [0.2, 0.25) is 11.8 Å². The van der Waals surface area contributed by atoms with Gasteiger partial charge < -0.3 is 9.64 Å². The lowest BCUT2D eigenvalue weighted by atomic mass is 9.92. The summed E-state index contributed by atoms with van der Waals surface area (Å²) >= 11 is 0. The lowest BCUT2D eigenvalue weighted by molar-refractivity contribution is 0.0584. The number of hydrogen-bond donors (Lipinski definition) is 1. The molecule has 2 aliphatic heterocycles. The molecule has 1 saturated heterocycles. The quantitative estimate of drug-likeness (QED) is 0.377. The van der Waals surface area contributed by atoms with Crippen LogP contribution in [0.5, 0.6) is 5.88 Å². The number of aromatic nitrogens is 2. The molecule has 3 heterocycles. The van der Waals surface area contributed by atoms with Crippen molar-refractivity contribution in [1.82, 2.24) is 19.8 Å². The summed E-state index contributed by atoms with van der Waals surface area (Å²) in [6.45, 7) is 17.6. The average Bonchev–Trinajstić information content (AvgIpc) is 3.08. The first kappa shape index (κ1) is 31.9. The fourth-order valence-corrected chi connectivity index (χ4v) is 7.11.